The van der Waals surface area contributed by atoms with Gasteiger partial charge in [-0.1, -0.05) is 22.0 Å². The molecule has 104 valence electrons. The fraction of sp³-hybridized carbons (Fsp3) is 0.385. The van der Waals surface area contributed by atoms with Crippen LogP contribution in [0.2, 0.25) is 0 Å². The minimum atomic E-state index is -0.938. The van der Waals surface area contributed by atoms with Crippen molar-refractivity contribution in [2.75, 3.05) is 0 Å². The zero-order valence-electron chi connectivity index (χ0n) is 10.5. The quantitative estimate of drug-likeness (QED) is 0.841. The molecule has 0 aliphatic carbocycles. The van der Waals surface area contributed by atoms with Gasteiger partial charge in [0, 0.05) is 23.9 Å². The monoisotopic (exact) mass is 331 g/mol. The van der Waals surface area contributed by atoms with Gasteiger partial charge in [0.05, 0.1) is 0 Å². The molecule has 0 heterocycles. The second kappa shape index (κ2) is 7.23. The van der Waals surface area contributed by atoms with Crippen molar-refractivity contribution < 1.29 is 19.1 Å². The lowest BCUT2D eigenvalue weighted by atomic mass is 10.0. The summed E-state index contributed by atoms with van der Waals surface area (Å²) in [6.07, 6.45) is 0.472. The number of rotatable bonds is 6. The van der Waals surface area contributed by atoms with Gasteiger partial charge in [0.2, 0.25) is 5.91 Å². The molecule has 4 nitrogen and oxygen atoms in total. The van der Waals surface area contributed by atoms with Gasteiger partial charge in [-0.05, 0) is 30.5 Å². The number of carboxylic acids is 1. The Morgan fingerprint density at radius 3 is 2.68 bits per heavy atom. The summed E-state index contributed by atoms with van der Waals surface area (Å²) < 4.78 is 14.3. The highest BCUT2D eigenvalue weighted by Crippen LogP contribution is 2.17. The normalized spacial score (nSPS) is 11.9. The van der Waals surface area contributed by atoms with E-state index in [9.17, 15) is 14.0 Å². The first-order valence-corrected chi connectivity index (χ1v) is 6.60. The Morgan fingerprint density at radius 1 is 1.47 bits per heavy atom. The third kappa shape index (κ3) is 5.83. The van der Waals surface area contributed by atoms with Crippen molar-refractivity contribution >= 4 is 27.8 Å². The van der Waals surface area contributed by atoms with Crippen LogP contribution in [0.3, 0.4) is 0 Å². The average Bonchev–Trinajstić information content (AvgIpc) is 2.28. The van der Waals surface area contributed by atoms with Crippen molar-refractivity contribution in [3.63, 3.8) is 0 Å². The fourth-order valence-corrected chi connectivity index (χ4v) is 2.10. The predicted molar refractivity (Wildman–Crippen MR) is 72.3 cm³/mol. The molecular formula is C13H15BrFNO3. The van der Waals surface area contributed by atoms with Crippen LogP contribution >= 0.6 is 15.9 Å². The van der Waals surface area contributed by atoms with Crippen LogP contribution in [0.4, 0.5) is 4.39 Å². The van der Waals surface area contributed by atoms with E-state index in [1.807, 2.05) is 0 Å². The van der Waals surface area contributed by atoms with Crippen molar-refractivity contribution in [2.24, 2.45) is 0 Å². The Hall–Kier alpha value is -1.43. The number of carbonyl (C=O) groups excluding carboxylic acids is 1. The maximum atomic E-state index is 13.7. The highest BCUT2D eigenvalue weighted by Gasteiger charge is 2.15. The zero-order chi connectivity index (χ0) is 14.4. The number of aliphatic carboxylic acids is 1. The van der Waals surface area contributed by atoms with Crippen LogP contribution in [0.5, 0.6) is 0 Å². The molecule has 1 rings (SSSR count). The van der Waals surface area contributed by atoms with Crippen molar-refractivity contribution in [3.8, 4) is 0 Å². The maximum Gasteiger partial charge on any atom is 0.303 e. The van der Waals surface area contributed by atoms with E-state index in [1.165, 1.54) is 13.0 Å². The van der Waals surface area contributed by atoms with Gasteiger partial charge in [-0.2, -0.15) is 0 Å². The maximum absolute atomic E-state index is 13.7. The number of carboxylic acid groups (broad SMARTS) is 1. The standard InChI is InChI=1S/C13H15BrFNO3/c1-8(17)16-11(4-5-13(18)19)6-9-2-3-10(14)7-12(9)15/h2-3,7,11H,4-6H2,1H3,(H,16,17)(H,18,19). The lowest BCUT2D eigenvalue weighted by Crippen LogP contribution is -2.35. The molecule has 1 amide bonds. The molecular weight excluding hydrogens is 317 g/mol. The summed E-state index contributed by atoms with van der Waals surface area (Å²) in [6, 6.07) is 4.29. The lowest BCUT2D eigenvalue weighted by Gasteiger charge is -2.17. The second-order valence-electron chi connectivity index (χ2n) is 4.27. The van der Waals surface area contributed by atoms with Crippen LogP contribution in [0.15, 0.2) is 22.7 Å². The molecule has 6 heteroatoms. The third-order valence-electron chi connectivity index (χ3n) is 2.60. The Balaban J connectivity index is 2.74. The molecule has 0 aliphatic rings. The number of benzene rings is 1. The Kier molecular flexibility index (Phi) is 5.95. The van der Waals surface area contributed by atoms with Crippen molar-refractivity contribution in [2.45, 2.75) is 32.2 Å². The molecule has 0 aliphatic heterocycles. The van der Waals surface area contributed by atoms with Crippen molar-refractivity contribution in [3.05, 3.63) is 34.1 Å². The molecule has 0 aromatic heterocycles. The Morgan fingerprint density at radius 2 is 2.16 bits per heavy atom. The number of nitrogens with one attached hydrogen (secondary N) is 1. The highest BCUT2D eigenvalue weighted by atomic mass is 79.9. The summed E-state index contributed by atoms with van der Waals surface area (Å²) in [5.74, 6) is -1.57. The van der Waals surface area contributed by atoms with Gasteiger partial charge in [-0.3, -0.25) is 9.59 Å². The second-order valence-corrected chi connectivity index (χ2v) is 5.19. The largest absolute Gasteiger partial charge is 0.481 e. The summed E-state index contributed by atoms with van der Waals surface area (Å²) in [5, 5.41) is 11.3. The van der Waals surface area contributed by atoms with E-state index in [0.717, 1.165) is 0 Å². The SMILES string of the molecule is CC(=O)NC(CCC(=O)O)Cc1ccc(Br)cc1F. The van der Waals surface area contributed by atoms with Crippen LogP contribution < -0.4 is 5.32 Å². The molecule has 1 atom stereocenters. The van der Waals surface area contributed by atoms with Crippen molar-refractivity contribution in [1.29, 1.82) is 0 Å². The Labute approximate surface area is 119 Å². The van der Waals surface area contributed by atoms with E-state index in [4.69, 9.17) is 5.11 Å². The van der Waals surface area contributed by atoms with Crippen LogP contribution in [-0.2, 0) is 16.0 Å². The first kappa shape index (κ1) is 15.6. The molecule has 1 unspecified atom stereocenters. The predicted octanol–water partition coefficient (Wildman–Crippen LogP) is 2.50. The minimum Gasteiger partial charge on any atom is -0.481 e. The zero-order valence-corrected chi connectivity index (χ0v) is 12.0. The molecule has 2 N–H and O–H groups in total. The van der Waals surface area contributed by atoms with Gasteiger partial charge in [0.1, 0.15) is 5.82 Å². The Bertz CT molecular complexity index is 479. The van der Waals surface area contributed by atoms with E-state index >= 15 is 0 Å². The molecule has 0 fully saturated rings. The van der Waals surface area contributed by atoms with Crippen LogP contribution in [0, 0.1) is 5.82 Å². The molecule has 0 bridgehead atoms. The molecule has 0 radical (unpaired) electrons. The summed E-state index contributed by atoms with van der Waals surface area (Å²) in [4.78, 5) is 21.6. The number of hydrogen-bond acceptors (Lipinski definition) is 2. The lowest BCUT2D eigenvalue weighted by molar-refractivity contribution is -0.137. The molecule has 1 aromatic carbocycles. The van der Waals surface area contributed by atoms with E-state index in [2.05, 4.69) is 21.2 Å². The first-order valence-electron chi connectivity index (χ1n) is 5.81. The van der Waals surface area contributed by atoms with Gasteiger partial charge >= 0.3 is 5.97 Å². The van der Waals surface area contributed by atoms with Gasteiger partial charge in [-0.15, -0.1) is 0 Å². The molecule has 0 spiro atoms. The molecule has 0 saturated carbocycles. The van der Waals surface area contributed by atoms with Gasteiger partial charge < -0.3 is 10.4 Å². The highest BCUT2D eigenvalue weighted by molar-refractivity contribution is 9.10. The van der Waals surface area contributed by atoms with Gasteiger partial charge in [0.15, 0.2) is 0 Å². The number of halogens is 2. The third-order valence-corrected chi connectivity index (χ3v) is 3.09. The van der Waals surface area contributed by atoms with Crippen LogP contribution in [0.1, 0.15) is 25.3 Å². The van der Waals surface area contributed by atoms with Gasteiger partial charge in [0.25, 0.3) is 0 Å². The van der Waals surface area contributed by atoms with Crippen LogP contribution in [0.25, 0.3) is 0 Å². The summed E-state index contributed by atoms with van der Waals surface area (Å²) >= 11 is 3.17. The van der Waals surface area contributed by atoms with Gasteiger partial charge in [-0.25, -0.2) is 4.39 Å². The number of amides is 1. The molecule has 0 saturated heterocycles. The van der Waals surface area contributed by atoms with E-state index in [1.54, 1.807) is 12.1 Å². The van der Waals surface area contributed by atoms with E-state index in [-0.39, 0.29) is 37.0 Å². The average molecular weight is 332 g/mol. The molecule has 19 heavy (non-hydrogen) atoms. The summed E-state index contributed by atoms with van der Waals surface area (Å²) in [7, 11) is 0. The number of hydrogen-bond donors (Lipinski definition) is 2. The first-order chi connectivity index (χ1) is 8.88. The van der Waals surface area contributed by atoms with E-state index in [0.29, 0.717) is 10.0 Å². The van der Waals surface area contributed by atoms with E-state index < -0.39 is 5.97 Å². The molecule has 1 aromatic rings. The minimum absolute atomic E-state index is 0.0664. The number of carbonyl (C=O) groups is 2. The summed E-state index contributed by atoms with van der Waals surface area (Å²) in [5.41, 5.74) is 0.451. The topological polar surface area (TPSA) is 66.4 Å². The summed E-state index contributed by atoms with van der Waals surface area (Å²) in [6.45, 7) is 1.35. The fourth-order valence-electron chi connectivity index (χ4n) is 1.76. The van der Waals surface area contributed by atoms with Crippen LogP contribution in [-0.4, -0.2) is 23.0 Å². The smallest absolute Gasteiger partial charge is 0.303 e. The van der Waals surface area contributed by atoms with Crippen molar-refractivity contribution in [1.82, 2.24) is 5.32 Å².